The Labute approximate surface area is 151 Å². The average molecular weight is 344 g/mol. The molecule has 2 fully saturated rings. The summed E-state index contributed by atoms with van der Waals surface area (Å²) in [5.74, 6) is 3.18. The van der Waals surface area contributed by atoms with Crippen LogP contribution >= 0.6 is 0 Å². The van der Waals surface area contributed by atoms with Gasteiger partial charge >= 0.3 is 0 Å². The third kappa shape index (κ3) is 4.97. The maximum absolute atomic E-state index is 12.3. The number of hydrogen-bond acceptors (Lipinski definition) is 3. The van der Waals surface area contributed by atoms with Crippen LogP contribution in [0.2, 0.25) is 0 Å². The Hall–Kier alpha value is -1.55. The van der Waals surface area contributed by atoms with Crippen molar-refractivity contribution >= 4 is 12.0 Å². The summed E-state index contributed by atoms with van der Waals surface area (Å²) in [6, 6.07) is 4.70. The topological polar surface area (TPSA) is 36.7 Å². The Balaban J connectivity index is 1.43. The number of rotatable bonds is 7. The summed E-state index contributed by atoms with van der Waals surface area (Å²) >= 11 is 0. The number of hydrogen-bond donors (Lipinski definition) is 0. The molecule has 2 aliphatic carbocycles. The van der Waals surface area contributed by atoms with Gasteiger partial charge in [0.2, 0.25) is 5.91 Å². The van der Waals surface area contributed by atoms with Gasteiger partial charge in [0, 0.05) is 38.2 Å². The molecule has 1 amide bonds. The van der Waals surface area contributed by atoms with Crippen LogP contribution in [-0.2, 0) is 4.79 Å². The highest BCUT2D eigenvalue weighted by Crippen LogP contribution is 2.47. The smallest absolute Gasteiger partial charge is 0.246 e. The molecule has 2 aliphatic rings. The molecule has 0 radical (unpaired) electrons. The van der Waals surface area contributed by atoms with Crippen LogP contribution in [0.25, 0.3) is 6.08 Å². The van der Waals surface area contributed by atoms with Crippen molar-refractivity contribution in [2.45, 2.75) is 57.4 Å². The van der Waals surface area contributed by atoms with Gasteiger partial charge in [-0.3, -0.25) is 4.79 Å². The van der Waals surface area contributed by atoms with Crippen molar-refractivity contribution in [3.05, 3.63) is 29.7 Å². The maximum Gasteiger partial charge on any atom is 0.246 e. The average Bonchev–Trinajstić information content (AvgIpc) is 3.18. The van der Waals surface area contributed by atoms with E-state index in [0.29, 0.717) is 12.0 Å². The highest BCUT2D eigenvalue weighted by atomic mass is 16.3. The Morgan fingerprint density at radius 2 is 1.92 bits per heavy atom. The van der Waals surface area contributed by atoms with Gasteiger partial charge in [0.05, 0.1) is 0 Å². The minimum absolute atomic E-state index is 0.0368. The zero-order valence-electron chi connectivity index (χ0n) is 15.9. The zero-order chi connectivity index (χ0) is 17.8. The molecule has 25 heavy (non-hydrogen) atoms. The van der Waals surface area contributed by atoms with Gasteiger partial charge in [-0.15, -0.1) is 0 Å². The van der Waals surface area contributed by atoms with Crippen LogP contribution in [0.15, 0.2) is 22.6 Å². The number of carbonyl (C=O) groups excluding carboxylic acids is 1. The van der Waals surface area contributed by atoms with Gasteiger partial charge in [0.15, 0.2) is 0 Å². The molecular weight excluding hydrogens is 312 g/mol. The van der Waals surface area contributed by atoms with E-state index in [0.717, 1.165) is 30.5 Å². The SMILES string of the molecule is CC1CC1c1ccc(/C=C/C(=O)N(C)CCN(C)C2CCCCC2)o1. The molecule has 2 unspecified atom stereocenters. The van der Waals surface area contributed by atoms with Gasteiger partial charge in [-0.1, -0.05) is 26.2 Å². The molecule has 138 valence electrons. The van der Waals surface area contributed by atoms with Gasteiger partial charge in [-0.25, -0.2) is 0 Å². The Bertz CT molecular complexity index is 601. The van der Waals surface area contributed by atoms with Gasteiger partial charge < -0.3 is 14.2 Å². The molecule has 2 saturated carbocycles. The monoisotopic (exact) mass is 344 g/mol. The first-order valence-electron chi connectivity index (χ1n) is 9.77. The van der Waals surface area contributed by atoms with Gasteiger partial charge in [-0.2, -0.15) is 0 Å². The van der Waals surface area contributed by atoms with Crippen LogP contribution in [0.4, 0.5) is 0 Å². The van der Waals surface area contributed by atoms with E-state index in [1.165, 1.54) is 38.5 Å². The molecule has 0 aromatic carbocycles. The molecule has 0 N–H and O–H groups in total. The third-order valence-electron chi connectivity index (χ3n) is 5.88. The predicted octanol–water partition coefficient (Wildman–Crippen LogP) is 4.14. The zero-order valence-corrected chi connectivity index (χ0v) is 15.9. The Morgan fingerprint density at radius 3 is 2.60 bits per heavy atom. The molecule has 0 aliphatic heterocycles. The number of furan rings is 1. The van der Waals surface area contributed by atoms with E-state index in [9.17, 15) is 4.79 Å². The lowest BCUT2D eigenvalue weighted by Crippen LogP contribution is -2.39. The molecule has 4 heteroatoms. The van der Waals surface area contributed by atoms with Gasteiger partial charge in [-0.05, 0) is 50.4 Å². The number of likely N-dealkylation sites (N-methyl/N-ethyl adjacent to an activating group) is 2. The lowest BCUT2D eigenvalue weighted by molar-refractivity contribution is -0.124. The molecule has 0 saturated heterocycles. The normalized spacial score (nSPS) is 24.2. The second-order valence-electron chi connectivity index (χ2n) is 7.93. The summed E-state index contributed by atoms with van der Waals surface area (Å²) in [6.45, 7) is 3.94. The largest absolute Gasteiger partial charge is 0.461 e. The van der Waals surface area contributed by atoms with Crippen molar-refractivity contribution in [1.82, 2.24) is 9.80 Å². The van der Waals surface area contributed by atoms with E-state index in [2.05, 4.69) is 18.9 Å². The molecule has 0 bridgehead atoms. The number of amides is 1. The van der Waals surface area contributed by atoms with Crippen molar-refractivity contribution in [2.24, 2.45) is 5.92 Å². The van der Waals surface area contributed by atoms with Gasteiger partial charge in [0.1, 0.15) is 11.5 Å². The maximum atomic E-state index is 12.3. The molecule has 1 heterocycles. The quantitative estimate of drug-likeness (QED) is 0.698. The second-order valence-corrected chi connectivity index (χ2v) is 7.93. The van der Waals surface area contributed by atoms with Crippen molar-refractivity contribution < 1.29 is 9.21 Å². The van der Waals surface area contributed by atoms with E-state index in [4.69, 9.17) is 4.42 Å². The van der Waals surface area contributed by atoms with E-state index in [-0.39, 0.29) is 5.91 Å². The number of nitrogens with zero attached hydrogens (tertiary/aromatic N) is 2. The van der Waals surface area contributed by atoms with Gasteiger partial charge in [0.25, 0.3) is 0 Å². The van der Waals surface area contributed by atoms with Crippen molar-refractivity contribution in [1.29, 1.82) is 0 Å². The van der Waals surface area contributed by atoms with Crippen molar-refractivity contribution in [2.75, 3.05) is 27.2 Å². The van der Waals surface area contributed by atoms with Crippen LogP contribution in [0.3, 0.4) is 0 Å². The molecule has 3 rings (SSSR count). The highest BCUT2D eigenvalue weighted by Gasteiger charge is 2.36. The molecule has 1 aromatic heterocycles. The summed E-state index contributed by atoms with van der Waals surface area (Å²) in [6.07, 6.45) is 11.3. The predicted molar refractivity (Wildman–Crippen MR) is 101 cm³/mol. The number of carbonyl (C=O) groups is 1. The fourth-order valence-electron chi connectivity index (χ4n) is 3.78. The fraction of sp³-hybridized carbons (Fsp3) is 0.667. The summed E-state index contributed by atoms with van der Waals surface area (Å²) in [5.41, 5.74) is 0. The minimum Gasteiger partial charge on any atom is -0.461 e. The summed E-state index contributed by atoms with van der Waals surface area (Å²) in [5, 5.41) is 0. The second kappa shape index (κ2) is 8.22. The van der Waals surface area contributed by atoms with Crippen LogP contribution in [-0.4, -0.2) is 48.9 Å². The lowest BCUT2D eigenvalue weighted by atomic mass is 9.94. The molecule has 1 aromatic rings. The first kappa shape index (κ1) is 18.2. The summed E-state index contributed by atoms with van der Waals surface area (Å²) < 4.78 is 5.82. The van der Waals surface area contributed by atoms with Crippen molar-refractivity contribution in [3.8, 4) is 0 Å². The summed E-state index contributed by atoms with van der Waals surface area (Å²) in [7, 11) is 4.06. The first-order chi connectivity index (χ1) is 12.0. The van der Waals surface area contributed by atoms with Crippen LogP contribution < -0.4 is 0 Å². The van der Waals surface area contributed by atoms with E-state index in [1.807, 2.05) is 19.2 Å². The third-order valence-corrected chi connectivity index (χ3v) is 5.88. The fourth-order valence-corrected chi connectivity index (χ4v) is 3.78. The molecule has 0 spiro atoms. The highest BCUT2D eigenvalue weighted by molar-refractivity contribution is 5.91. The summed E-state index contributed by atoms with van der Waals surface area (Å²) in [4.78, 5) is 16.5. The van der Waals surface area contributed by atoms with E-state index in [1.54, 1.807) is 17.1 Å². The van der Waals surface area contributed by atoms with Crippen LogP contribution in [0.1, 0.15) is 62.9 Å². The standard InChI is InChI=1S/C21H32N2O2/c1-16-15-19(16)20-11-9-18(25-20)10-12-21(24)23(3)14-13-22(2)17-7-5-4-6-8-17/h9-12,16-17,19H,4-8,13-15H2,1-3H3/b12-10+. The Morgan fingerprint density at radius 1 is 1.20 bits per heavy atom. The molecule has 2 atom stereocenters. The molecular formula is C21H32N2O2. The molecule has 4 nitrogen and oxygen atoms in total. The van der Waals surface area contributed by atoms with E-state index < -0.39 is 0 Å². The first-order valence-corrected chi connectivity index (χ1v) is 9.77. The van der Waals surface area contributed by atoms with Crippen LogP contribution in [0, 0.1) is 5.92 Å². The van der Waals surface area contributed by atoms with Crippen LogP contribution in [0.5, 0.6) is 0 Å². The Kier molecular flexibility index (Phi) is 6.00. The van der Waals surface area contributed by atoms with Crippen molar-refractivity contribution in [3.63, 3.8) is 0 Å². The minimum atomic E-state index is 0.0368. The lowest BCUT2D eigenvalue weighted by Gasteiger charge is -2.32. The van der Waals surface area contributed by atoms with E-state index >= 15 is 0 Å².